The van der Waals surface area contributed by atoms with Gasteiger partial charge in [-0.3, -0.25) is 14.5 Å². The Hall–Kier alpha value is -1.73. The predicted molar refractivity (Wildman–Crippen MR) is 90.9 cm³/mol. The van der Waals surface area contributed by atoms with Gasteiger partial charge in [-0.15, -0.1) is 0 Å². The fourth-order valence-electron chi connectivity index (χ4n) is 3.78. The van der Waals surface area contributed by atoms with Gasteiger partial charge in [-0.1, -0.05) is 13.8 Å². The molecule has 1 aromatic rings. The molecule has 0 radical (unpaired) electrons. The highest BCUT2D eigenvalue weighted by Crippen LogP contribution is 2.39. The van der Waals surface area contributed by atoms with Gasteiger partial charge < -0.3 is 14.6 Å². The minimum Gasteiger partial charge on any atom is -0.387 e. The van der Waals surface area contributed by atoms with E-state index < -0.39 is 5.60 Å². The van der Waals surface area contributed by atoms with Crippen LogP contribution in [0.2, 0.25) is 0 Å². The second-order valence-electron chi connectivity index (χ2n) is 7.76. The van der Waals surface area contributed by atoms with E-state index in [1.807, 2.05) is 20.9 Å². The highest BCUT2D eigenvalue weighted by Gasteiger charge is 2.47. The van der Waals surface area contributed by atoms with Gasteiger partial charge in [-0.2, -0.15) is 0 Å². The molecule has 0 bridgehead atoms. The van der Waals surface area contributed by atoms with E-state index in [-0.39, 0.29) is 23.4 Å². The van der Waals surface area contributed by atoms with Gasteiger partial charge in [0, 0.05) is 31.5 Å². The van der Waals surface area contributed by atoms with Crippen LogP contribution in [0.25, 0.3) is 0 Å². The molecule has 3 rings (SSSR count). The molecule has 1 N–H and O–H groups in total. The van der Waals surface area contributed by atoms with E-state index in [1.54, 1.807) is 11.1 Å². The Morgan fingerprint density at radius 3 is 2.67 bits per heavy atom. The summed E-state index contributed by atoms with van der Waals surface area (Å²) >= 11 is 0. The Morgan fingerprint density at radius 2 is 2.04 bits per heavy atom. The lowest BCUT2D eigenvalue weighted by molar-refractivity contribution is -0.124. The Labute approximate surface area is 141 Å². The first-order valence-corrected chi connectivity index (χ1v) is 8.50. The molecule has 1 atom stereocenters. The van der Waals surface area contributed by atoms with Crippen LogP contribution in [-0.4, -0.2) is 57.7 Å². The third-order valence-corrected chi connectivity index (χ3v) is 5.48. The summed E-state index contributed by atoms with van der Waals surface area (Å²) in [6.45, 7) is 6.45. The molecule has 0 spiro atoms. The van der Waals surface area contributed by atoms with Crippen molar-refractivity contribution in [3.63, 3.8) is 0 Å². The van der Waals surface area contributed by atoms with E-state index in [0.29, 0.717) is 25.2 Å². The summed E-state index contributed by atoms with van der Waals surface area (Å²) in [6.07, 6.45) is 4.78. The van der Waals surface area contributed by atoms with Gasteiger partial charge in [0.15, 0.2) is 5.82 Å². The van der Waals surface area contributed by atoms with Crippen LogP contribution in [0.1, 0.15) is 33.1 Å². The first-order valence-electron chi connectivity index (χ1n) is 8.50. The number of likely N-dealkylation sites (tertiary alicyclic amines) is 1. The second-order valence-corrected chi connectivity index (χ2v) is 7.76. The van der Waals surface area contributed by atoms with Gasteiger partial charge in [0.05, 0.1) is 24.5 Å². The summed E-state index contributed by atoms with van der Waals surface area (Å²) in [6, 6.07) is 0. The second kappa shape index (κ2) is 5.97. The van der Waals surface area contributed by atoms with Gasteiger partial charge in [-0.05, 0) is 19.9 Å². The van der Waals surface area contributed by atoms with Crippen LogP contribution in [0.15, 0.2) is 17.2 Å². The van der Waals surface area contributed by atoms with Crippen molar-refractivity contribution in [2.75, 3.05) is 31.6 Å². The molecule has 24 heavy (non-hydrogen) atoms. The zero-order chi connectivity index (χ0) is 17.5. The predicted octanol–water partition coefficient (Wildman–Crippen LogP) is 0.463. The number of rotatable bonds is 3. The molecule has 1 unspecified atom stereocenters. The average molecular weight is 334 g/mol. The molecule has 2 fully saturated rings. The van der Waals surface area contributed by atoms with Gasteiger partial charge >= 0.3 is 0 Å². The van der Waals surface area contributed by atoms with E-state index in [9.17, 15) is 14.7 Å². The Morgan fingerprint density at radius 1 is 1.29 bits per heavy atom. The van der Waals surface area contributed by atoms with Crippen LogP contribution in [0.4, 0.5) is 5.82 Å². The lowest BCUT2D eigenvalue weighted by Crippen LogP contribution is -2.59. The smallest absolute Gasteiger partial charge is 0.269 e. The van der Waals surface area contributed by atoms with Gasteiger partial charge in [0.1, 0.15) is 0 Å². The van der Waals surface area contributed by atoms with Crippen LogP contribution >= 0.6 is 0 Å². The van der Waals surface area contributed by atoms with Crippen molar-refractivity contribution in [2.24, 2.45) is 5.41 Å². The topological polar surface area (TPSA) is 78.7 Å². The van der Waals surface area contributed by atoms with E-state index in [1.165, 1.54) is 10.8 Å². The highest BCUT2D eigenvalue weighted by atomic mass is 16.3. The molecule has 7 heteroatoms. The molecule has 132 valence electrons. The maximum absolute atomic E-state index is 12.2. The molecule has 2 aliphatic rings. The van der Waals surface area contributed by atoms with Crippen LogP contribution in [0.5, 0.6) is 0 Å². The fraction of sp³-hybridized carbons (Fsp3) is 0.706. The van der Waals surface area contributed by atoms with Crippen molar-refractivity contribution in [3.8, 4) is 0 Å². The Bertz CT molecular complexity index is 699. The summed E-state index contributed by atoms with van der Waals surface area (Å²) in [5.41, 5.74) is -1.57. The van der Waals surface area contributed by atoms with E-state index >= 15 is 0 Å². The lowest BCUT2D eigenvalue weighted by atomic mass is 9.70. The van der Waals surface area contributed by atoms with Gasteiger partial charge in [0.25, 0.3) is 5.56 Å². The summed E-state index contributed by atoms with van der Waals surface area (Å²) < 4.78 is 1.50. The third kappa shape index (κ3) is 2.98. The van der Waals surface area contributed by atoms with Crippen LogP contribution in [0, 0.1) is 5.41 Å². The maximum Gasteiger partial charge on any atom is 0.269 e. The van der Waals surface area contributed by atoms with Gasteiger partial charge in [-0.25, -0.2) is 4.98 Å². The van der Waals surface area contributed by atoms with Crippen molar-refractivity contribution in [3.05, 3.63) is 22.7 Å². The molecular formula is C17H26N4O3. The molecule has 2 aliphatic heterocycles. The molecule has 0 aromatic carbocycles. The monoisotopic (exact) mass is 334 g/mol. The number of amides is 1. The summed E-state index contributed by atoms with van der Waals surface area (Å²) in [4.78, 5) is 32.1. The molecule has 3 heterocycles. The number of hydrogen-bond acceptors (Lipinski definition) is 5. The highest BCUT2D eigenvalue weighted by molar-refractivity contribution is 5.94. The standard InChI is InChI=1S/C17H26N4O3/c1-16(2)11-19(3)8-6-17(16,24)12-20-10-13(18-9-15(20)23)21-7-4-5-14(21)22/h9-10,24H,4-8,11-12H2,1-3H3. The molecular weight excluding hydrogens is 308 g/mol. The third-order valence-electron chi connectivity index (χ3n) is 5.48. The number of aromatic nitrogens is 2. The zero-order valence-electron chi connectivity index (χ0n) is 14.7. The van der Waals surface area contributed by atoms with E-state index in [4.69, 9.17) is 0 Å². The first-order chi connectivity index (χ1) is 11.2. The number of carbonyl (C=O) groups is 1. The summed E-state index contributed by atoms with van der Waals surface area (Å²) in [5, 5.41) is 11.2. The Kier molecular flexibility index (Phi) is 4.25. The van der Waals surface area contributed by atoms with E-state index in [0.717, 1.165) is 19.5 Å². The van der Waals surface area contributed by atoms with Crippen LogP contribution in [0.3, 0.4) is 0 Å². The minimum atomic E-state index is -0.975. The molecule has 7 nitrogen and oxygen atoms in total. The molecule has 1 aromatic heterocycles. The molecule has 0 aliphatic carbocycles. The maximum atomic E-state index is 12.2. The lowest BCUT2D eigenvalue weighted by Gasteiger charge is -2.49. The SMILES string of the molecule is CN1CCC(O)(Cn2cc(N3CCCC3=O)ncc2=O)C(C)(C)C1. The first kappa shape index (κ1) is 17.1. The van der Waals surface area contributed by atoms with Crippen molar-refractivity contribution in [1.29, 1.82) is 0 Å². The van der Waals surface area contributed by atoms with Crippen LogP contribution < -0.4 is 10.5 Å². The number of hydrogen-bond donors (Lipinski definition) is 1. The summed E-state index contributed by atoms with van der Waals surface area (Å²) in [7, 11) is 2.04. The van der Waals surface area contributed by atoms with Gasteiger partial charge in [0.2, 0.25) is 5.91 Å². The zero-order valence-corrected chi connectivity index (χ0v) is 14.7. The number of nitrogens with zero attached hydrogens (tertiary/aromatic N) is 4. The number of anilines is 1. The summed E-state index contributed by atoms with van der Waals surface area (Å²) in [5.74, 6) is 0.525. The van der Waals surface area contributed by atoms with Crippen molar-refractivity contribution >= 4 is 11.7 Å². The molecule has 1 amide bonds. The normalized spacial score (nSPS) is 27.7. The Balaban J connectivity index is 1.89. The van der Waals surface area contributed by atoms with E-state index in [2.05, 4.69) is 9.88 Å². The quantitative estimate of drug-likeness (QED) is 0.869. The van der Waals surface area contributed by atoms with Crippen molar-refractivity contribution in [1.82, 2.24) is 14.5 Å². The van der Waals surface area contributed by atoms with Crippen molar-refractivity contribution in [2.45, 2.75) is 45.3 Å². The number of aliphatic hydroxyl groups is 1. The minimum absolute atomic E-state index is 0.0334. The van der Waals surface area contributed by atoms with Crippen LogP contribution in [-0.2, 0) is 11.3 Å². The molecule has 0 saturated carbocycles. The number of piperidine rings is 1. The largest absolute Gasteiger partial charge is 0.387 e. The van der Waals surface area contributed by atoms with Crippen molar-refractivity contribution < 1.29 is 9.90 Å². The average Bonchev–Trinajstić information content (AvgIpc) is 2.92. The number of carbonyl (C=O) groups excluding carboxylic acids is 1. The fourth-order valence-corrected chi connectivity index (χ4v) is 3.78. The molecule has 2 saturated heterocycles.